The van der Waals surface area contributed by atoms with E-state index in [1.54, 1.807) is 0 Å². The highest BCUT2D eigenvalue weighted by molar-refractivity contribution is 6.74. The number of nitrogens with zero attached hydrogens (tertiary/aromatic N) is 1. The van der Waals surface area contributed by atoms with E-state index in [-0.39, 0.29) is 0 Å². The summed E-state index contributed by atoms with van der Waals surface area (Å²) in [6.07, 6.45) is 8.00. The fourth-order valence-corrected chi connectivity index (χ4v) is 4.02. The van der Waals surface area contributed by atoms with Gasteiger partial charge in [0.05, 0.1) is 0 Å². The van der Waals surface area contributed by atoms with Gasteiger partial charge in [0, 0.05) is 26.7 Å². The average Bonchev–Trinajstić information content (AvgIpc) is 2.73. The third-order valence-electron chi connectivity index (χ3n) is 5.32. The predicted molar refractivity (Wildman–Crippen MR) is 95.0 cm³/mol. The van der Waals surface area contributed by atoms with Crippen LogP contribution in [-0.2, 0) is 4.43 Å². The Labute approximate surface area is 133 Å². The lowest BCUT2D eigenvalue weighted by molar-refractivity contribution is 0.202. The van der Waals surface area contributed by atoms with E-state index in [1.165, 1.54) is 38.5 Å². The summed E-state index contributed by atoms with van der Waals surface area (Å²) in [6, 6.07) is 0.696. The molecule has 1 rings (SSSR count). The Kier molecular flexibility index (Phi) is 7.38. The number of hydrogen-bond donors (Lipinski definition) is 1. The van der Waals surface area contributed by atoms with Crippen molar-refractivity contribution in [2.75, 3.05) is 20.7 Å². The lowest BCUT2D eigenvalue weighted by atomic mass is 9.97. The second kappa shape index (κ2) is 8.09. The SMILES string of the molecule is CN(C)NC1CCCC1CCCCO[Si](C)(C)C(C)(C)C. The molecule has 2 unspecified atom stereocenters. The molecule has 2 atom stereocenters. The zero-order valence-electron chi connectivity index (χ0n) is 15.5. The van der Waals surface area contributed by atoms with Crippen molar-refractivity contribution in [3.05, 3.63) is 0 Å². The van der Waals surface area contributed by atoms with Gasteiger partial charge in [-0.25, -0.2) is 0 Å². The second-order valence-corrected chi connectivity index (χ2v) is 13.2. The van der Waals surface area contributed by atoms with Gasteiger partial charge in [0.1, 0.15) is 0 Å². The van der Waals surface area contributed by atoms with E-state index < -0.39 is 8.32 Å². The van der Waals surface area contributed by atoms with E-state index in [4.69, 9.17) is 4.43 Å². The Balaban J connectivity index is 2.19. The monoisotopic (exact) mass is 314 g/mol. The first-order valence-corrected chi connectivity index (χ1v) is 11.6. The highest BCUT2D eigenvalue weighted by Crippen LogP contribution is 2.36. The Morgan fingerprint density at radius 2 is 1.81 bits per heavy atom. The average molecular weight is 315 g/mol. The van der Waals surface area contributed by atoms with Crippen molar-refractivity contribution in [2.45, 2.75) is 83.5 Å². The summed E-state index contributed by atoms with van der Waals surface area (Å²) in [4.78, 5) is 0. The molecule has 0 aromatic rings. The van der Waals surface area contributed by atoms with Crippen molar-refractivity contribution in [2.24, 2.45) is 5.92 Å². The number of rotatable bonds is 8. The maximum atomic E-state index is 6.27. The summed E-state index contributed by atoms with van der Waals surface area (Å²) >= 11 is 0. The molecule has 3 nitrogen and oxygen atoms in total. The van der Waals surface area contributed by atoms with Crippen LogP contribution in [-0.4, -0.2) is 40.1 Å². The normalized spacial score (nSPS) is 24.0. The van der Waals surface area contributed by atoms with E-state index in [2.05, 4.69) is 58.4 Å². The van der Waals surface area contributed by atoms with Crippen LogP contribution in [0.1, 0.15) is 59.3 Å². The zero-order chi connectivity index (χ0) is 16.1. The number of hydrogen-bond acceptors (Lipinski definition) is 3. The summed E-state index contributed by atoms with van der Waals surface area (Å²) < 4.78 is 6.27. The molecule has 21 heavy (non-hydrogen) atoms. The molecule has 1 aliphatic rings. The zero-order valence-corrected chi connectivity index (χ0v) is 16.5. The minimum absolute atomic E-state index is 0.333. The van der Waals surface area contributed by atoms with Crippen molar-refractivity contribution in [3.63, 3.8) is 0 Å². The lowest BCUT2D eigenvalue weighted by Crippen LogP contribution is -2.42. The fourth-order valence-electron chi connectivity index (χ4n) is 2.94. The summed E-state index contributed by atoms with van der Waals surface area (Å²) in [5, 5.41) is 2.45. The maximum Gasteiger partial charge on any atom is 0.191 e. The fraction of sp³-hybridized carbons (Fsp3) is 1.00. The molecule has 0 heterocycles. The van der Waals surface area contributed by atoms with Gasteiger partial charge in [-0.2, -0.15) is 0 Å². The highest BCUT2D eigenvalue weighted by atomic mass is 28.4. The van der Waals surface area contributed by atoms with Gasteiger partial charge in [-0.3, -0.25) is 10.4 Å². The van der Waals surface area contributed by atoms with E-state index in [1.807, 2.05) is 0 Å². The molecule has 0 aromatic heterocycles. The Bertz CT molecular complexity index is 300. The van der Waals surface area contributed by atoms with Crippen LogP contribution in [0, 0.1) is 5.92 Å². The lowest BCUT2D eigenvalue weighted by Gasteiger charge is -2.36. The molecule has 4 heteroatoms. The van der Waals surface area contributed by atoms with E-state index in [0.717, 1.165) is 12.5 Å². The second-order valence-electron chi connectivity index (χ2n) is 8.43. The molecule has 0 aromatic carbocycles. The number of unbranched alkanes of at least 4 members (excludes halogenated alkanes) is 1. The number of hydrazine groups is 1. The molecule has 0 bridgehead atoms. The molecular formula is C17H38N2OSi. The standard InChI is InChI=1S/C17H38N2OSi/c1-17(2,3)21(6,7)20-14-9-8-11-15-12-10-13-16(15)18-19(4)5/h15-16,18H,8-14H2,1-7H3. The van der Waals surface area contributed by atoms with Crippen LogP contribution in [0.4, 0.5) is 0 Å². The maximum absolute atomic E-state index is 6.27. The first-order chi connectivity index (χ1) is 9.63. The van der Waals surface area contributed by atoms with E-state index >= 15 is 0 Å². The summed E-state index contributed by atoms with van der Waals surface area (Å²) in [7, 11) is 2.66. The molecule has 0 spiro atoms. The van der Waals surface area contributed by atoms with Crippen LogP contribution < -0.4 is 5.43 Å². The van der Waals surface area contributed by atoms with Gasteiger partial charge in [0.25, 0.3) is 0 Å². The molecule has 1 aliphatic carbocycles. The van der Waals surface area contributed by atoms with Gasteiger partial charge >= 0.3 is 0 Å². The van der Waals surface area contributed by atoms with Crippen molar-refractivity contribution in [1.29, 1.82) is 0 Å². The first-order valence-electron chi connectivity index (χ1n) is 8.71. The molecule has 126 valence electrons. The van der Waals surface area contributed by atoms with Crippen LogP contribution in [0.15, 0.2) is 0 Å². The van der Waals surface area contributed by atoms with Crippen molar-refractivity contribution in [3.8, 4) is 0 Å². The molecule has 0 radical (unpaired) electrons. The smallest absolute Gasteiger partial charge is 0.191 e. The van der Waals surface area contributed by atoms with Crippen LogP contribution in [0.2, 0.25) is 18.1 Å². The van der Waals surface area contributed by atoms with Crippen LogP contribution in [0.3, 0.4) is 0 Å². The highest BCUT2D eigenvalue weighted by Gasteiger charge is 2.36. The van der Waals surface area contributed by atoms with Crippen molar-refractivity contribution < 1.29 is 4.43 Å². The van der Waals surface area contributed by atoms with Crippen LogP contribution in [0.5, 0.6) is 0 Å². The van der Waals surface area contributed by atoms with Gasteiger partial charge in [0.15, 0.2) is 8.32 Å². The third-order valence-corrected chi connectivity index (χ3v) is 9.86. The van der Waals surface area contributed by atoms with Gasteiger partial charge < -0.3 is 4.43 Å². The Morgan fingerprint density at radius 1 is 1.14 bits per heavy atom. The first kappa shape index (κ1) is 19.1. The van der Waals surface area contributed by atoms with E-state index in [0.29, 0.717) is 11.1 Å². The van der Waals surface area contributed by atoms with Gasteiger partial charge in [-0.05, 0) is 49.7 Å². The van der Waals surface area contributed by atoms with Crippen molar-refractivity contribution >= 4 is 8.32 Å². The summed E-state index contributed by atoms with van der Waals surface area (Å²) in [6.45, 7) is 12.6. The van der Waals surface area contributed by atoms with Crippen molar-refractivity contribution in [1.82, 2.24) is 10.4 Å². The van der Waals surface area contributed by atoms with Crippen LogP contribution >= 0.6 is 0 Å². The van der Waals surface area contributed by atoms with Gasteiger partial charge in [-0.1, -0.05) is 33.6 Å². The minimum atomic E-state index is -1.54. The molecule has 0 saturated heterocycles. The molecule has 0 aliphatic heterocycles. The van der Waals surface area contributed by atoms with Gasteiger partial charge in [-0.15, -0.1) is 0 Å². The Morgan fingerprint density at radius 3 is 2.38 bits per heavy atom. The molecular weight excluding hydrogens is 276 g/mol. The molecule has 0 amide bonds. The van der Waals surface area contributed by atoms with Gasteiger partial charge in [0.2, 0.25) is 0 Å². The third kappa shape index (κ3) is 6.39. The topological polar surface area (TPSA) is 24.5 Å². The molecule has 1 saturated carbocycles. The summed E-state index contributed by atoms with van der Waals surface area (Å²) in [5.41, 5.74) is 3.59. The predicted octanol–water partition coefficient (Wildman–Crippen LogP) is 4.41. The number of nitrogens with one attached hydrogen (secondary N) is 1. The van der Waals surface area contributed by atoms with E-state index in [9.17, 15) is 0 Å². The summed E-state index contributed by atoms with van der Waals surface area (Å²) in [5.74, 6) is 0.861. The Hall–Kier alpha value is 0.0969. The molecule has 1 fully saturated rings. The minimum Gasteiger partial charge on any atom is -0.417 e. The quantitative estimate of drug-likeness (QED) is 0.408. The molecule has 1 N–H and O–H groups in total. The van der Waals surface area contributed by atoms with Crippen LogP contribution in [0.25, 0.3) is 0 Å². The largest absolute Gasteiger partial charge is 0.417 e.